The van der Waals surface area contributed by atoms with Crippen molar-refractivity contribution in [2.24, 2.45) is 11.8 Å². The van der Waals surface area contributed by atoms with Crippen LogP contribution in [0.4, 0.5) is 0 Å². The van der Waals surface area contributed by atoms with Gasteiger partial charge < -0.3 is 27.4 Å². The molecular formula is C34H41OTi. The first-order valence-corrected chi connectivity index (χ1v) is 11.9. The van der Waals surface area contributed by atoms with Crippen LogP contribution in [0.5, 0.6) is 5.75 Å². The molecule has 1 N–H and O–H groups in total. The van der Waals surface area contributed by atoms with E-state index in [0.29, 0.717) is 17.6 Å². The van der Waals surface area contributed by atoms with E-state index in [1.54, 1.807) is 0 Å². The zero-order valence-electron chi connectivity index (χ0n) is 23.0. The molecule has 0 unspecified atom stereocenters. The minimum Gasteiger partial charge on any atom is -0.507 e. The molecular weight excluding hydrogens is 472 g/mol. The van der Waals surface area contributed by atoms with Gasteiger partial charge in [-0.3, -0.25) is 0 Å². The minimum atomic E-state index is 0. The molecule has 0 atom stereocenters. The zero-order chi connectivity index (χ0) is 22.5. The average Bonchev–Trinajstić information content (AvgIpc) is 3.02. The second-order valence-electron chi connectivity index (χ2n) is 10.3. The largest absolute Gasteiger partial charge is 3.00 e. The van der Waals surface area contributed by atoms with E-state index in [9.17, 15) is 5.11 Å². The second kappa shape index (κ2) is 12.3. The van der Waals surface area contributed by atoms with Crippen LogP contribution in [0.1, 0.15) is 51.7 Å². The Labute approximate surface area is 234 Å². The van der Waals surface area contributed by atoms with Gasteiger partial charge in [-0.15, -0.1) is 0 Å². The van der Waals surface area contributed by atoms with Crippen LogP contribution in [-0.4, -0.2) is 5.11 Å². The standard InChI is InChI=1S/C31H32O.3CH3.Ti/c1-20(2)18-31(19-21(3)4)27-12-8-7-11-25(27)26-15-13-23(17-28(26)31)30-24-10-6-5-9-22(24)14-16-29(30)32;;;;/h5-17,20-21,32H,18-19H2,1-4H3;3*1H3;/q;3*-1;+3. The zero-order valence-corrected chi connectivity index (χ0v) is 24.6. The van der Waals surface area contributed by atoms with E-state index < -0.39 is 0 Å². The monoisotopic (exact) mass is 513 g/mol. The third-order valence-electron chi connectivity index (χ3n) is 6.98. The van der Waals surface area contributed by atoms with Crippen LogP contribution < -0.4 is 0 Å². The van der Waals surface area contributed by atoms with E-state index in [-0.39, 0.29) is 49.4 Å². The Balaban J connectivity index is 0.00000162. The third-order valence-corrected chi connectivity index (χ3v) is 6.98. The predicted molar refractivity (Wildman–Crippen MR) is 155 cm³/mol. The molecule has 1 nitrogen and oxygen atoms in total. The maximum atomic E-state index is 10.9. The van der Waals surface area contributed by atoms with E-state index in [1.807, 2.05) is 12.1 Å². The molecule has 0 aliphatic heterocycles. The van der Waals surface area contributed by atoms with E-state index >= 15 is 0 Å². The molecule has 36 heavy (non-hydrogen) atoms. The molecule has 4 aromatic carbocycles. The Hall–Kier alpha value is -2.35. The van der Waals surface area contributed by atoms with Crippen LogP contribution in [0.3, 0.4) is 0 Å². The van der Waals surface area contributed by atoms with Gasteiger partial charge in [0.2, 0.25) is 0 Å². The number of rotatable bonds is 5. The summed E-state index contributed by atoms with van der Waals surface area (Å²) in [6, 6.07) is 28.0. The summed E-state index contributed by atoms with van der Waals surface area (Å²) < 4.78 is 0. The van der Waals surface area contributed by atoms with Crippen molar-refractivity contribution >= 4 is 10.8 Å². The van der Waals surface area contributed by atoms with E-state index in [1.165, 1.54) is 22.3 Å². The average molecular weight is 514 g/mol. The second-order valence-corrected chi connectivity index (χ2v) is 10.3. The number of benzene rings is 4. The molecule has 1 radical (unpaired) electrons. The molecule has 5 rings (SSSR count). The van der Waals surface area contributed by atoms with Crippen molar-refractivity contribution in [2.45, 2.75) is 46.0 Å². The molecule has 0 saturated carbocycles. The van der Waals surface area contributed by atoms with Gasteiger partial charge >= 0.3 is 21.7 Å². The minimum absolute atomic E-state index is 0. The first-order chi connectivity index (χ1) is 15.4. The molecule has 4 aromatic rings. The molecule has 2 heteroatoms. The normalized spacial score (nSPS) is 12.6. The summed E-state index contributed by atoms with van der Waals surface area (Å²) >= 11 is 0. The van der Waals surface area contributed by atoms with E-state index in [2.05, 4.69) is 94.4 Å². The number of phenolic OH excluding ortho intramolecular Hbond substituents is 1. The van der Waals surface area contributed by atoms with Crippen molar-refractivity contribution in [3.8, 4) is 28.0 Å². The summed E-state index contributed by atoms with van der Waals surface area (Å²) in [6.45, 7) is 9.35. The Morgan fingerprint density at radius 2 is 1.25 bits per heavy atom. The summed E-state index contributed by atoms with van der Waals surface area (Å²) in [4.78, 5) is 0. The van der Waals surface area contributed by atoms with Gasteiger partial charge in [-0.05, 0) is 75.4 Å². The molecule has 0 amide bonds. The fraction of sp³-hybridized carbons (Fsp3) is 0.265. The number of hydrogen-bond acceptors (Lipinski definition) is 1. The maximum absolute atomic E-state index is 10.9. The maximum Gasteiger partial charge on any atom is 3.00 e. The van der Waals surface area contributed by atoms with Crippen LogP contribution in [-0.2, 0) is 27.1 Å². The third kappa shape index (κ3) is 5.20. The quantitative estimate of drug-likeness (QED) is 0.208. The first-order valence-electron chi connectivity index (χ1n) is 11.9. The van der Waals surface area contributed by atoms with Crippen molar-refractivity contribution in [3.63, 3.8) is 0 Å². The van der Waals surface area contributed by atoms with Crippen LogP contribution >= 0.6 is 0 Å². The Morgan fingerprint density at radius 1 is 0.667 bits per heavy atom. The molecule has 0 aromatic heterocycles. The van der Waals surface area contributed by atoms with Crippen molar-refractivity contribution < 1.29 is 26.8 Å². The Morgan fingerprint density at radius 3 is 1.92 bits per heavy atom. The SMILES string of the molecule is CC(C)CC1(CC(C)C)c2ccccc2-c2ccc(-c3c(O)ccc4ccccc34)cc21.[CH3-].[CH3-].[CH3-].[Ti+3]. The first kappa shape index (κ1) is 31.7. The fourth-order valence-corrected chi connectivity index (χ4v) is 6.09. The summed E-state index contributed by atoms with van der Waals surface area (Å²) in [7, 11) is 0. The summed E-state index contributed by atoms with van der Waals surface area (Å²) in [5, 5.41) is 13.2. The molecule has 187 valence electrons. The van der Waals surface area contributed by atoms with Crippen LogP contribution in [0.15, 0.2) is 78.9 Å². The molecule has 1 aliphatic carbocycles. The molecule has 0 bridgehead atoms. The number of aromatic hydroxyl groups is 1. The molecule has 0 saturated heterocycles. The van der Waals surface area contributed by atoms with Crippen molar-refractivity contribution in [2.75, 3.05) is 0 Å². The van der Waals surface area contributed by atoms with Gasteiger partial charge in [0.15, 0.2) is 0 Å². The molecule has 1 aliphatic rings. The number of fused-ring (bicyclic) bond motifs is 4. The Kier molecular flexibility index (Phi) is 10.8. The van der Waals surface area contributed by atoms with Gasteiger partial charge in [-0.2, -0.15) is 0 Å². The van der Waals surface area contributed by atoms with Crippen molar-refractivity contribution in [1.29, 1.82) is 0 Å². The Bertz CT molecular complexity index is 1290. The van der Waals surface area contributed by atoms with Gasteiger partial charge in [-0.25, -0.2) is 0 Å². The van der Waals surface area contributed by atoms with Gasteiger partial charge in [0, 0.05) is 11.0 Å². The topological polar surface area (TPSA) is 20.2 Å². The smallest absolute Gasteiger partial charge is 0.507 e. The van der Waals surface area contributed by atoms with Crippen LogP contribution in [0, 0.1) is 34.1 Å². The number of hydrogen-bond donors (Lipinski definition) is 1. The molecule has 0 spiro atoms. The summed E-state index contributed by atoms with van der Waals surface area (Å²) in [6.07, 6.45) is 2.25. The van der Waals surface area contributed by atoms with Gasteiger partial charge in [0.1, 0.15) is 5.75 Å². The van der Waals surface area contributed by atoms with Gasteiger partial charge in [-0.1, -0.05) is 94.4 Å². The van der Waals surface area contributed by atoms with Crippen LogP contribution in [0.25, 0.3) is 33.0 Å². The summed E-state index contributed by atoms with van der Waals surface area (Å²) in [5.74, 6) is 1.52. The van der Waals surface area contributed by atoms with E-state index in [0.717, 1.165) is 34.7 Å². The van der Waals surface area contributed by atoms with E-state index in [4.69, 9.17) is 0 Å². The van der Waals surface area contributed by atoms with Gasteiger partial charge in [0.25, 0.3) is 0 Å². The predicted octanol–water partition coefficient (Wildman–Crippen LogP) is 9.92. The van der Waals surface area contributed by atoms with Crippen molar-refractivity contribution in [1.82, 2.24) is 0 Å². The van der Waals surface area contributed by atoms with Crippen LogP contribution in [0.2, 0.25) is 0 Å². The van der Waals surface area contributed by atoms with Crippen molar-refractivity contribution in [3.05, 3.63) is 112 Å². The number of phenols is 1. The fourth-order valence-electron chi connectivity index (χ4n) is 6.09. The van der Waals surface area contributed by atoms with Gasteiger partial charge in [0.05, 0.1) is 0 Å². The molecule has 0 heterocycles. The summed E-state index contributed by atoms with van der Waals surface area (Å²) in [5.41, 5.74) is 7.66. The molecule has 0 fully saturated rings.